The van der Waals surface area contributed by atoms with Crippen LogP contribution in [0.4, 0.5) is 0 Å². The highest BCUT2D eigenvalue weighted by Gasteiger charge is 2.21. The fraction of sp³-hybridized carbons (Fsp3) is 0.417. The van der Waals surface area contributed by atoms with Crippen molar-refractivity contribution in [3.05, 3.63) is 29.8 Å². The second-order valence-electron chi connectivity index (χ2n) is 3.80. The lowest BCUT2D eigenvalue weighted by Gasteiger charge is -2.20. The maximum Gasteiger partial charge on any atom is 0.151 e. The van der Waals surface area contributed by atoms with Crippen molar-refractivity contribution in [2.24, 2.45) is 0 Å². The van der Waals surface area contributed by atoms with Gasteiger partial charge >= 0.3 is 0 Å². The quantitative estimate of drug-likeness (QED) is 0.752. The van der Waals surface area contributed by atoms with Crippen molar-refractivity contribution in [1.29, 1.82) is 0 Å². The maximum atomic E-state index is 10.8. The molecule has 0 bridgehead atoms. The Balaban J connectivity index is 2.60. The molecule has 0 aliphatic heterocycles. The summed E-state index contributed by atoms with van der Waals surface area (Å²) >= 11 is 0. The van der Waals surface area contributed by atoms with Gasteiger partial charge in [0.25, 0.3) is 0 Å². The molecule has 1 rings (SSSR count). The summed E-state index contributed by atoms with van der Waals surface area (Å²) in [5.74, 6) is 0.248. The molecule has 15 heavy (non-hydrogen) atoms. The summed E-state index contributed by atoms with van der Waals surface area (Å²) in [6, 6.07) is 7.02. The highest BCUT2D eigenvalue weighted by molar-refractivity contribution is 5.61. The van der Waals surface area contributed by atoms with E-state index in [-0.39, 0.29) is 5.75 Å². The summed E-state index contributed by atoms with van der Waals surface area (Å²) < 4.78 is 5.11. The molecule has 1 atom stereocenters. The van der Waals surface area contributed by atoms with Crippen molar-refractivity contribution in [2.45, 2.75) is 25.4 Å². The van der Waals surface area contributed by atoms with Crippen LogP contribution in [0.3, 0.4) is 0 Å². The molecule has 0 aromatic heterocycles. The van der Waals surface area contributed by atoms with Crippen molar-refractivity contribution in [2.75, 3.05) is 7.11 Å². The van der Waals surface area contributed by atoms with Gasteiger partial charge < -0.3 is 14.6 Å². The van der Waals surface area contributed by atoms with E-state index in [1.807, 2.05) is 6.07 Å². The van der Waals surface area contributed by atoms with Crippen LogP contribution in [0.2, 0.25) is 0 Å². The topological polar surface area (TPSA) is 46.5 Å². The highest BCUT2D eigenvalue weighted by Crippen LogP contribution is 2.18. The molecule has 1 N–H and O–H groups in total. The van der Waals surface area contributed by atoms with Gasteiger partial charge in [-0.3, -0.25) is 0 Å². The third-order valence-corrected chi connectivity index (χ3v) is 2.54. The third-order valence-electron chi connectivity index (χ3n) is 2.54. The first-order valence-electron chi connectivity index (χ1n) is 4.89. The minimum absolute atomic E-state index is 0.248. The Morgan fingerprint density at radius 1 is 1.53 bits per heavy atom. The number of ether oxygens (including phenoxy) is 1. The van der Waals surface area contributed by atoms with Crippen LogP contribution in [0, 0.1) is 0 Å². The molecular weight excluding hydrogens is 192 g/mol. The standard InChI is InChI=1S/C12H16O3/c1-12(9-13,15-2)7-6-10-4-3-5-11(14)8-10/h3-5,8-9,14H,6-7H2,1-2H3. The predicted octanol–water partition coefficient (Wildman–Crippen LogP) is 1.93. The lowest BCUT2D eigenvalue weighted by molar-refractivity contribution is -0.126. The third kappa shape index (κ3) is 3.36. The molecule has 0 fully saturated rings. The number of phenols is 1. The SMILES string of the molecule is COC(C)(C=O)CCc1cccc(O)c1. The normalized spacial score (nSPS) is 14.5. The molecule has 1 aromatic carbocycles. The second-order valence-corrected chi connectivity index (χ2v) is 3.80. The van der Waals surface area contributed by atoms with Crippen molar-refractivity contribution >= 4 is 6.29 Å². The van der Waals surface area contributed by atoms with Crippen molar-refractivity contribution in [3.8, 4) is 5.75 Å². The molecule has 0 spiro atoms. The summed E-state index contributed by atoms with van der Waals surface area (Å²) in [6.45, 7) is 1.75. The Morgan fingerprint density at radius 2 is 2.27 bits per heavy atom. The van der Waals surface area contributed by atoms with E-state index >= 15 is 0 Å². The summed E-state index contributed by atoms with van der Waals surface area (Å²) in [4.78, 5) is 10.8. The van der Waals surface area contributed by atoms with E-state index < -0.39 is 5.60 Å². The zero-order valence-corrected chi connectivity index (χ0v) is 9.06. The van der Waals surface area contributed by atoms with E-state index in [0.717, 1.165) is 11.8 Å². The zero-order chi connectivity index (χ0) is 11.3. The number of benzene rings is 1. The number of aromatic hydroxyl groups is 1. The summed E-state index contributed by atoms with van der Waals surface area (Å²) in [6.07, 6.45) is 2.13. The number of carbonyl (C=O) groups excluding carboxylic acids is 1. The number of rotatable bonds is 5. The molecular formula is C12H16O3. The van der Waals surface area contributed by atoms with Gasteiger partial charge in [-0.2, -0.15) is 0 Å². The Labute approximate surface area is 89.7 Å². The predicted molar refractivity (Wildman–Crippen MR) is 57.9 cm³/mol. The van der Waals surface area contributed by atoms with Crippen molar-refractivity contribution < 1.29 is 14.6 Å². The van der Waals surface area contributed by atoms with E-state index in [1.165, 1.54) is 7.11 Å². The molecule has 3 heteroatoms. The minimum Gasteiger partial charge on any atom is -0.508 e. The number of aryl methyl sites for hydroxylation is 1. The second kappa shape index (κ2) is 4.94. The molecule has 0 saturated carbocycles. The molecule has 1 unspecified atom stereocenters. The van der Waals surface area contributed by atoms with E-state index in [0.29, 0.717) is 12.8 Å². The Bertz CT molecular complexity index is 335. The largest absolute Gasteiger partial charge is 0.508 e. The number of hydrogen-bond acceptors (Lipinski definition) is 3. The number of hydrogen-bond donors (Lipinski definition) is 1. The van der Waals surface area contributed by atoms with Crippen molar-refractivity contribution in [1.82, 2.24) is 0 Å². The van der Waals surface area contributed by atoms with Crippen LogP contribution >= 0.6 is 0 Å². The monoisotopic (exact) mass is 208 g/mol. The van der Waals surface area contributed by atoms with Crippen LogP contribution in [-0.2, 0) is 16.0 Å². The Morgan fingerprint density at radius 3 is 2.80 bits per heavy atom. The number of methoxy groups -OCH3 is 1. The van der Waals surface area contributed by atoms with E-state index in [1.54, 1.807) is 25.1 Å². The molecule has 0 heterocycles. The van der Waals surface area contributed by atoms with Gasteiger partial charge in [-0.1, -0.05) is 12.1 Å². The lowest BCUT2D eigenvalue weighted by atomic mass is 9.98. The van der Waals surface area contributed by atoms with Crippen LogP contribution in [-0.4, -0.2) is 24.1 Å². The van der Waals surface area contributed by atoms with Crippen LogP contribution in [0.5, 0.6) is 5.75 Å². The van der Waals surface area contributed by atoms with E-state index in [2.05, 4.69) is 0 Å². The molecule has 0 radical (unpaired) electrons. The van der Waals surface area contributed by atoms with Gasteiger partial charge in [0.2, 0.25) is 0 Å². The Kier molecular flexibility index (Phi) is 3.86. The average molecular weight is 208 g/mol. The van der Waals surface area contributed by atoms with Gasteiger partial charge in [-0.25, -0.2) is 0 Å². The fourth-order valence-electron chi connectivity index (χ4n) is 1.31. The molecule has 3 nitrogen and oxygen atoms in total. The first kappa shape index (κ1) is 11.7. The molecule has 0 amide bonds. The summed E-state index contributed by atoms with van der Waals surface area (Å²) in [7, 11) is 1.52. The maximum absolute atomic E-state index is 10.8. The smallest absolute Gasteiger partial charge is 0.151 e. The molecule has 0 aliphatic carbocycles. The van der Waals surface area contributed by atoms with Gasteiger partial charge in [0, 0.05) is 7.11 Å². The molecule has 0 aliphatic rings. The Hall–Kier alpha value is -1.35. The lowest BCUT2D eigenvalue weighted by Crippen LogP contribution is -2.29. The first-order chi connectivity index (χ1) is 7.09. The summed E-state index contributed by atoms with van der Waals surface area (Å²) in [5.41, 5.74) is 0.269. The van der Waals surface area contributed by atoms with Crippen LogP contribution in [0.25, 0.3) is 0 Å². The highest BCUT2D eigenvalue weighted by atomic mass is 16.5. The van der Waals surface area contributed by atoms with Crippen LogP contribution < -0.4 is 0 Å². The van der Waals surface area contributed by atoms with Crippen LogP contribution in [0.1, 0.15) is 18.9 Å². The molecule has 1 aromatic rings. The van der Waals surface area contributed by atoms with Crippen molar-refractivity contribution in [3.63, 3.8) is 0 Å². The zero-order valence-electron chi connectivity index (χ0n) is 9.06. The van der Waals surface area contributed by atoms with Gasteiger partial charge in [-0.15, -0.1) is 0 Å². The molecule has 0 saturated heterocycles. The number of carbonyl (C=O) groups is 1. The first-order valence-corrected chi connectivity index (χ1v) is 4.89. The van der Waals surface area contributed by atoms with E-state index in [9.17, 15) is 9.90 Å². The van der Waals surface area contributed by atoms with Crippen LogP contribution in [0.15, 0.2) is 24.3 Å². The van der Waals surface area contributed by atoms with E-state index in [4.69, 9.17) is 4.74 Å². The minimum atomic E-state index is -0.731. The average Bonchev–Trinajstić information content (AvgIpc) is 2.26. The molecule has 82 valence electrons. The van der Waals surface area contributed by atoms with Gasteiger partial charge in [0.05, 0.1) is 0 Å². The van der Waals surface area contributed by atoms with Gasteiger partial charge in [0.1, 0.15) is 11.4 Å². The number of aldehydes is 1. The summed E-state index contributed by atoms with van der Waals surface area (Å²) in [5, 5.41) is 9.26. The fourth-order valence-corrected chi connectivity index (χ4v) is 1.31. The number of phenolic OH excluding ortho intramolecular Hbond substituents is 1. The van der Waals surface area contributed by atoms with Gasteiger partial charge in [0.15, 0.2) is 6.29 Å². The van der Waals surface area contributed by atoms with Gasteiger partial charge in [-0.05, 0) is 37.5 Å².